The molecule has 0 unspecified atom stereocenters. The van der Waals surface area contributed by atoms with Gasteiger partial charge in [0.15, 0.2) is 0 Å². The quantitative estimate of drug-likeness (QED) is 0.664. The van der Waals surface area contributed by atoms with E-state index in [1.54, 1.807) is 35.8 Å². The maximum absolute atomic E-state index is 12.8. The van der Waals surface area contributed by atoms with Crippen LogP contribution in [0.2, 0.25) is 0 Å². The molecule has 0 N–H and O–H groups in total. The lowest BCUT2D eigenvalue weighted by Crippen LogP contribution is -2.10. The summed E-state index contributed by atoms with van der Waals surface area (Å²) in [5, 5.41) is 2.56. The van der Waals surface area contributed by atoms with Gasteiger partial charge in [0.05, 0.1) is 12.6 Å². The Hall–Kier alpha value is -2.12. The van der Waals surface area contributed by atoms with Crippen LogP contribution in [-0.2, 0) is 26.0 Å². The number of esters is 1. The molecule has 3 aromatic rings. The number of carbonyl (C=O) groups excluding carboxylic acids is 1. The molecule has 0 bridgehead atoms. The molecular weight excluding hydrogens is 334 g/mol. The van der Waals surface area contributed by atoms with Crippen molar-refractivity contribution >= 4 is 38.2 Å². The van der Waals surface area contributed by atoms with Crippen LogP contribution in [0.15, 0.2) is 52.2 Å². The van der Waals surface area contributed by atoms with E-state index in [2.05, 4.69) is 4.74 Å². The molecule has 0 spiro atoms. The molecular formula is C16H15NO4S2. The third-order valence-corrected chi connectivity index (χ3v) is 6.64. The second-order valence-corrected chi connectivity index (χ2v) is 7.97. The summed E-state index contributed by atoms with van der Waals surface area (Å²) < 4.78 is 31.8. The Morgan fingerprint density at radius 2 is 2.00 bits per heavy atom. The summed E-state index contributed by atoms with van der Waals surface area (Å²) in [6, 6.07) is 10.6. The van der Waals surface area contributed by atoms with E-state index in [-0.39, 0.29) is 16.6 Å². The van der Waals surface area contributed by atoms with E-state index in [4.69, 9.17) is 0 Å². The number of thiophene rings is 1. The van der Waals surface area contributed by atoms with Crippen LogP contribution >= 0.6 is 11.3 Å². The first-order chi connectivity index (χ1) is 11.0. The van der Waals surface area contributed by atoms with Gasteiger partial charge in [0, 0.05) is 18.0 Å². The molecule has 0 amide bonds. The first-order valence-corrected chi connectivity index (χ1v) is 9.31. The summed E-state index contributed by atoms with van der Waals surface area (Å²) in [5.41, 5.74) is 1.42. The number of carbonyl (C=O) groups is 1. The third kappa shape index (κ3) is 2.89. The molecule has 0 fully saturated rings. The predicted octanol–water partition coefficient (Wildman–Crippen LogP) is 3.05. The van der Waals surface area contributed by atoms with Crippen molar-refractivity contribution < 1.29 is 17.9 Å². The molecule has 0 radical (unpaired) electrons. The number of benzene rings is 1. The lowest BCUT2D eigenvalue weighted by atomic mass is 10.1. The van der Waals surface area contributed by atoms with Gasteiger partial charge in [0.25, 0.3) is 10.0 Å². The summed E-state index contributed by atoms with van der Waals surface area (Å²) >= 11 is 1.18. The summed E-state index contributed by atoms with van der Waals surface area (Å²) in [5.74, 6) is -0.317. The standard InChI is InChI=1S/C16H15NO4S2/c1-21-15(18)9-8-12-11-17(14-6-3-2-5-13(12)14)23(19,20)16-7-4-10-22-16/h2-7,10-11H,8-9H2,1H3. The Kier molecular flexibility index (Phi) is 4.23. The van der Waals surface area contributed by atoms with Gasteiger partial charge in [-0.1, -0.05) is 24.3 Å². The second-order valence-electron chi connectivity index (χ2n) is 4.98. The van der Waals surface area contributed by atoms with Gasteiger partial charge in [-0.05, 0) is 29.5 Å². The van der Waals surface area contributed by atoms with Crippen LogP contribution in [0.25, 0.3) is 10.9 Å². The number of rotatable bonds is 5. The number of para-hydroxylation sites is 1. The maximum atomic E-state index is 12.8. The molecule has 0 saturated heterocycles. The highest BCUT2D eigenvalue weighted by molar-refractivity contribution is 7.92. The van der Waals surface area contributed by atoms with Gasteiger partial charge in [-0.15, -0.1) is 11.3 Å². The Labute approximate surface area is 138 Å². The molecule has 2 heterocycles. The average molecular weight is 349 g/mol. The zero-order chi connectivity index (χ0) is 16.4. The predicted molar refractivity (Wildman–Crippen MR) is 89.2 cm³/mol. The third-order valence-electron chi connectivity index (χ3n) is 3.59. The highest BCUT2D eigenvalue weighted by Gasteiger charge is 2.22. The first-order valence-electron chi connectivity index (χ1n) is 6.99. The summed E-state index contributed by atoms with van der Waals surface area (Å²) in [6.07, 6.45) is 2.24. The minimum atomic E-state index is -3.63. The van der Waals surface area contributed by atoms with Gasteiger partial charge in [0.1, 0.15) is 4.21 Å². The number of ether oxygens (including phenoxy) is 1. The van der Waals surface area contributed by atoms with Gasteiger partial charge < -0.3 is 4.74 Å². The Morgan fingerprint density at radius 3 is 2.70 bits per heavy atom. The number of aryl methyl sites for hydroxylation is 1. The second kappa shape index (κ2) is 6.17. The molecule has 23 heavy (non-hydrogen) atoms. The van der Waals surface area contributed by atoms with Crippen LogP contribution in [0.3, 0.4) is 0 Å². The lowest BCUT2D eigenvalue weighted by molar-refractivity contribution is -0.140. The fourth-order valence-electron chi connectivity index (χ4n) is 2.46. The molecule has 0 atom stereocenters. The van der Waals surface area contributed by atoms with Crippen molar-refractivity contribution in [3.05, 3.63) is 53.5 Å². The topological polar surface area (TPSA) is 65.4 Å². The van der Waals surface area contributed by atoms with E-state index in [9.17, 15) is 13.2 Å². The van der Waals surface area contributed by atoms with E-state index < -0.39 is 10.0 Å². The zero-order valence-corrected chi connectivity index (χ0v) is 14.1. The normalized spacial score (nSPS) is 11.7. The number of hydrogen-bond donors (Lipinski definition) is 0. The van der Waals surface area contributed by atoms with Crippen molar-refractivity contribution in [1.29, 1.82) is 0 Å². The van der Waals surface area contributed by atoms with E-state index in [1.165, 1.54) is 22.4 Å². The van der Waals surface area contributed by atoms with Gasteiger partial charge >= 0.3 is 5.97 Å². The minimum Gasteiger partial charge on any atom is -0.469 e. The SMILES string of the molecule is COC(=O)CCc1cn(S(=O)(=O)c2cccs2)c2ccccc12. The van der Waals surface area contributed by atoms with E-state index >= 15 is 0 Å². The molecule has 2 aromatic heterocycles. The van der Waals surface area contributed by atoms with Crippen LogP contribution < -0.4 is 0 Å². The van der Waals surface area contributed by atoms with Crippen LogP contribution in [-0.4, -0.2) is 25.5 Å². The average Bonchev–Trinajstić information content (AvgIpc) is 3.21. The van der Waals surface area contributed by atoms with Crippen LogP contribution in [0.1, 0.15) is 12.0 Å². The van der Waals surface area contributed by atoms with E-state index in [0.29, 0.717) is 11.9 Å². The number of methoxy groups -OCH3 is 1. The fraction of sp³-hybridized carbons (Fsp3) is 0.188. The van der Waals surface area contributed by atoms with Crippen molar-refractivity contribution in [1.82, 2.24) is 3.97 Å². The van der Waals surface area contributed by atoms with Crippen molar-refractivity contribution in [2.75, 3.05) is 7.11 Å². The first kappa shape index (κ1) is 15.8. The largest absolute Gasteiger partial charge is 0.469 e. The Morgan fingerprint density at radius 1 is 1.22 bits per heavy atom. The molecule has 0 aliphatic heterocycles. The highest BCUT2D eigenvalue weighted by atomic mass is 32.2. The monoisotopic (exact) mass is 349 g/mol. The molecule has 5 nitrogen and oxygen atoms in total. The maximum Gasteiger partial charge on any atom is 0.305 e. The van der Waals surface area contributed by atoms with Crippen molar-refractivity contribution in [3.8, 4) is 0 Å². The van der Waals surface area contributed by atoms with Gasteiger partial charge in [-0.3, -0.25) is 4.79 Å². The zero-order valence-electron chi connectivity index (χ0n) is 12.4. The van der Waals surface area contributed by atoms with Crippen molar-refractivity contribution in [2.45, 2.75) is 17.1 Å². The molecule has 3 rings (SSSR count). The van der Waals surface area contributed by atoms with E-state index in [0.717, 1.165) is 10.9 Å². The summed E-state index contributed by atoms with van der Waals surface area (Å²) in [4.78, 5) is 11.4. The molecule has 0 saturated carbocycles. The fourth-order valence-corrected chi connectivity index (χ4v) is 4.93. The number of aromatic nitrogens is 1. The van der Waals surface area contributed by atoms with Gasteiger partial charge in [0.2, 0.25) is 0 Å². The Bertz CT molecular complexity index is 940. The number of fused-ring (bicyclic) bond motifs is 1. The van der Waals surface area contributed by atoms with Crippen LogP contribution in [0.4, 0.5) is 0 Å². The van der Waals surface area contributed by atoms with Crippen LogP contribution in [0.5, 0.6) is 0 Å². The van der Waals surface area contributed by atoms with Crippen molar-refractivity contribution in [2.24, 2.45) is 0 Å². The number of hydrogen-bond acceptors (Lipinski definition) is 5. The smallest absolute Gasteiger partial charge is 0.305 e. The number of nitrogens with zero attached hydrogens (tertiary/aromatic N) is 1. The molecule has 120 valence electrons. The molecule has 1 aromatic carbocycles. The van der Waals surface area contributed by atoms with Crippen LogP contribution in [0, 0.1) is 0 Å². The Balaban J connectivity index is 2.10. The molecule has 0 aliphatic rings. The van der Waals surface area contributed by atoms with Gasteiger partial charge in [-0.2, -0.15) is 8.42 Å². The summed E-state index contributed by atoms with van der Waals surface area (Å²) in [6.45, 7) is 0. The molecule has 7 heteroatoms. The van der Waals surface area contributed by atoms with E-state index in [1.807, 2.05) is 12.1 Å². The highest BCUT2D eigenvalue weighted by Crippen LogP contribution is 2.28. The van der Waals surface area contributed by atoms with Gasteiger partial charge in [-0.25, -0.2) is 3.97 Å². The minimum absolute atomic E-state index is 0.212. The molecule has 0 aliphatic carbocycles. The van der Waals surface area contributed by atoms with Crippen molar-refractivity contribution in [3.63, 3.8) is 0 Å². The lowest BCUT2D eigenvalue weighted by Gasteiger charge is -2.04. The summed E-state index contributed by atoms with van der Waals surface area (Å²) in [7, 11) is -2.29.